The Labute approximate surface area is 105 Å². The summed E-state index contributed by atoms with van der Waals surface area (Å²) in [6.07, 6.45) is 0.797. The van der Waals surface area contributed by atoms with Gasteiger partial charge in [-0.1, -0.05) is 0 Å². The van der Waals surface area contributed by atoms with E-state index < -0.39 is 12.0 Å². The molecule has 0 spiro atoms. The van der Waals surface area contributed by atoms with E-state index in [9.17, 15) is 9.59 Å². The number of esters is 1. The van der Waals surface area contributed by atoms with Crippen molar-refractivity contribution in [2.75, 3.05) is 12.0 Å². The Hall–Kier alpha value is -2.35. The van der Waals surface area contributed by atoms with Gasteiger partial charge in [0.2, 0.25) is 5.91 Å². The summed E-state index contributed by atoms with van der Waals surface area (Å²) in [4.78, 5) is 24.8. The van der Waals surface area contributed by atoms with Gasteiger partial charge in [0.05, 0.1) is 18.7 Å². The molecule has 1 heterocycles. The molecule has 1 saturated heterocycles. The van der Waals surface area contributed by atoms with Gasteiger partial charge in [-0.3, -0.25) is 9.69 Å². The summed E-state index contributed by atoms with van der Waals surface area (Å²) >= 11 is 0. The van der Waals surface area contributed by atoms with E-state index in [0.717, 1.165) is 0 Å². The minimum atomic E-state index is -0.560. The number of benzene rings is 1. The number of nitrogens with zero attached hydrogens (tertiary/aromatic N) is 2. The van der Waals surface area contributed by atoms with Crippen molar-refractivity contribution in [1.29, 1.82) is 5.26 Å². The lowest BCUT2D eigenvalue weighted by Crippen LogP contribution is -2.39. The predicted molar refractivity (Wildman–Crippen MR) is 63.7 cm³/mol. The van der Waals surface area contributed by atoms with Crippen LogP contribution in [0.25, 0.3) is 0 Å². The van der Waals surface area contributed by atoms with E-state index in [4.69, 9.17) is 10.00 Å². The molecule has 1 aromatic rings. The maximum absolute atomic E-state index is 11.8. The number of ether oxygens (including phenoxy) is 1. The maximum atomic E-state index is 11.8. The van der Waals surface area contributed by atoms with E-state index in [2.05, 4.69) is 0 Å². The zero-order valence-electron chi connectivity index (χ0n) is 9.92. The van der Waals surface area contributed by atoms with Crippen LogP contribution >= 0.6 is 0 Å². The zero-order valence-corrected chi connectivity index (χ0v) is 9.92. The lowest BCUT2D eigenvalue weighted by atomic mass is 10.2. The minimum absolute atomic E-state index is 0.102. The predicted octanol–water partition coefficient (Wildman–Crippen LogP) is 1.23. The van der Waals surface area contributed by atoms with Crippen molar-refractivity contribution in [1.82, 2.24) is 0 Å². The molecule has 0 aliphatic carbocycles. The van der Waals surface area contributed by atoms with Gasteiger partial charge in [-0.2, -0.15) is 5.26 Å². The molecule has 0 N–H and O–H groups in total. The Morgan fingerprint density at radius 1 is 1.44 bits per heavy atom. The molecule has 0 bridgehead atoms. The molecule has 0 aromatic heterocycles. The minimum Gasteiger partial charge on any atom is -0.467 e. The molecule has 1 atom stereocenters. The van der Waals surface area contributed by atoms with E-state index in [1.807, 2.05) is 6.07 Å². The van der Waals surface area contributed by atoms with E-state index in [1.54, 1.807) is 24.3 Å². The molecule has 1 fully saturated rings. The number of nitriles is 1. The van der Waals surface area contributed by atoms with Crippen LogP contribution in [0.1, 0.15) is 18.4 Å². The van der Waals surface area contributed by atoms with Crippen LogP contribution in [0.3, 0.4) is 0 Å². The van der Waals surface area contributed by atoms with E-state index >= 15 is 0 Å². The molecule has 18 heavy (non-hydrogen) atoms. The first-order chi connectivity index (χ1) is 8.67. The van der Waals surface area contributed by atoms with Crippen molar-refractivity contribution in [2.24, 2.45) is 0 Å². The molecule has 2 rings (SSSR count). The van der Waals surface area contributed by atoms with Gasteiger partial charge in [0, 0.05) is 12.1 Å². The smallest absolute Gasteiger partial charge is 0.328 e. The Morgan fingerprint density at radius 2 is 2.11 bits per heavy atom. The molecule has 1 amide bonds. The van der Waals surface area contributed by atoms with Crippen molar-refractivity contribution in [3.8, 4) is 6.07 Å². The highest BCUT2D eigenvalue weighted by atomic mass is 16.5. The first-order valence-corrected chi connectivity index (χ1v) is 5.57. The van der Waals surface area contributed by atoms with Gasteiger partial charge in [0.25, 0.3) is 0 Å². The van der Waals surface area contributed by atoms with Gasteiger partial charge in [0.1, 0.15) is 6.04 Å². The number of methoxy groups -OCH3 is 1. The van der Waals surface area contributed by atoms with Crippen molar-refractivity contribution in [3.05, 3.63) is 29.8 Å². The number of rotatable bonds is 2. The maximum Gasteiger partial charge on any atom is 0.328 e. The second-order valence-corrected chi connectivity index (χ2v) is 4.00. The first kappa shape index (κ1) is 12.1. The fourth-order valence-corrected chi connectivity index (χ4v) is 2.06. The van der Waals surface area contributed by atoms with Crippen LogP contribution in [0, 0.1) is 11.3 Å². The van der Waals surface area contributed by atoms with E-state index in [0.29, 0.717) is 24.1 Å². The average molecular weight is 244 g/mol. The summed E-state index contributed by atoms with van der Waals surface area (Å²) < 4.78 is 4.69. The zero-order chi connectivity index (χ0) is 13.1. The van der Waals surface area contributed by atoms with E-state index in [1.165, 1.54) is 12.0 Å². The second-order valence-electron chi connectivity index (χ2n) is 4.00. The number of amides is 1. The van der Waals surface area contributed by atoms with Crippen molar-refractivity contribution >= 4 is 17.6 Å². The van der Waals surface area contributed by atoms with Crippen LogP contribution in [-0.2, 0) is 14.3 Å². The third-order valence-corrected chi connectivity index (χ3v) is 2.96. The third-order valence-electron chi connectivity index (χ3n) is 2.96. The molecule has 0 unspecified atom stereocenters. The molecular formula is C13H12N2O3. The van der Waals surface area contributed by atoms with Gasteiger partial charge in [-0.05, 0) is 30.7 Å². The monoisotopic (exact) mass is 244 g/mol. The molecule has 5 nitrogen and oxygen atoms in total. The fraction of sp³-hybridized carbons (Fsp3) is 0.308. The van der Waals surface area contributed by atoms with Gasteiger partial charge < -0.3 is 4.74 Å². The Kier molecular flexibility index (Phi) is 3.28. The molecular weight excluding hydrogens is 232 g/mol. The quantitative estimate of drug-likeness (QED) is 0.733. The summed E-state index contributed by atoms with van der Waals surface area (Å²) in [6, 6.07) is 8.02. The van der Waals surface area contributed by atoms with Crippen molar-refractivity contribution in [3.63, 3.8) is 0 Å². The molecule has 1 aromatic carbocycles. The van der Waals surface area contributed by atoms with Crippen LogP contribution in [0.15, 0.2) is 24.3 Å². The summed E-state index contributed by atoms with van der Waals surface area (Å²) in [5.41, 5.74) is 1.13. The SMILES string of the molecule is COC(=O)[C@@H]1CCC(=O)N1c1ccc(C#N)cc1. The lowest BCUT2D eigenvalue weighted by Gasteiger charge is -2.22. The third kappa shape index (κ3) is 2.05. The summed E-state index contributed by atoms with van der Waals surface area (Å²) in [5, 5.41) is 8.72. The topological polar surface area (TPSA) is 70.4 Å². The molecule has 5 heteroatoms. The fourth-order valence-electron chi connectivity index (χ4n) is 2.06. The average Bonchev–Trinajstić information content (AvgIpc) is 2.80. The van der Waals surface area contributed by atoms with Crippen LogP contribution in [-0.4, -0.2) is 25.0 Å². The van der Waals surface area contributed by atoms with Crippen LogP contribution in [0.4, 0.5) is 5.69 Å². The molecule has 1 aliphatic heterocycles. The lowest BCUT2D eigenvalue weighted by molar-refractivity contribution is -0.142. The Bertz CT molecular complexity index is 516. The standard InChI is InChI=1S/C13H12N2O3/c1-18-13(17)11-6-7-12(16)15(11)10-4-2-9(8-14)3-5-10/h2-5,11H,6-7H2,1H3/t11-/m0/s1. The second kappa shape index (κ2) is 4.88. The Balaban J connectivity index is 2.31. The first-order valence-electron chi connectivity index (χ1n) is 5.57. The Morgan fingerprint density at radius 3 is 2.67 bits per heavy atom. The van der Waals surface area contributed by atoms with Crippen molar-refractivity contribution in [2.45, 2.75) is 18.9 Å². The summed E-state index contributed by atoms with van der Waals surface area (Å²) in [7, 11) is 1.31. The normalized spacial score (nSPS) is 18.6. The highest BCUT2D eigenvalue weighted by Gasteiger charge is 2.37. The number of carbonyl (C=O) groups is 2. The highest BCUT2D eigenvalue weighted by Crippen LogP contribution is 2.27. The van der Waals surface area contributed by atoms with E-state index in [-0.39, 0.29) is 5.91 Å². The number of hydrogen-bond donors (Lipinski definition) is 0. The van der Waals surface area contributed by atoms with Gasteiger partial charge in [0.15, 0.2) is 0 Å². The van der Waals surface area contributed by atoms with Gasteiger partial charge >= 0.3 is 5.97 Å². The van der Waals surface area contributed by atoms with Crippen LogP contribution in [0.2, 0.25) is 0 Å². The highest BCUT2D eigenvalue weighted by molar-refractivity contribution is 6.02. The van der Waals surface area contributed by atoms with Crippen LogP contribution in [0.5, 0.6) is 0 Å². The number of anilines is 1. The summed E-state index contributed by atoms with van der Waals surface area (Å²) in [5.74, 6) is -0.514. The number of hydrogen-bond acceptors (Lipinski definition) is 4. The number of carbonyl (C=O) groups excluding carboxylic acids is 2. The van der Waals surface area contributed by atoms with Crippen molar-refractivity contribution < 1.29 is 14.3 Å². The molecule has 0 radical (unpaired) electrons. The summed E-state index contributed by atoms with van der Waals surface area (Å²) in [6.45, 7) is 0. The van der Waals surface area contributed by atoms with Gasteiger partial charge in [-0.25, -0.2) is 4.79 Å². The van der Waals surface area contributed by atoms with Crippen LogP contribution < -0.4 is 4.90 Å². The molecule has 92 valence electrons. The van der Waals surface area contributed by atoms with Gasteiger partial charge in [-0.15, -0.1) is 0 Å². The molecule has 1 aliphatic rings. The largest absolute Gasteiger partial charge is 0.467 e. The molecule has 0 saturated carbocycles.